The lowest BCUT2D eigenvalue weighted by atomic mass is 10.1. The van der Waals surface area contributed by atoms with Crippen molar-refractivity contribution in [2.45, 2.75) is 33.4 Å². The summed E-state index contributed by atoms with van der Waals surface area (Å²) in [7, 11) is 1.82. The zero-order valence-electron chi connectivity index (χ0n) is 16.4. The topological polar surface area (TPSA) is 75.9 Å². The third-order valence-corrected chi connectivity index (χ3v) is 4.77. The molecule has 0 saturated heterocycles. The van der Waals surface area contributed by atoms with Gasteiger partial charge in [0.15, 0.2) is 0 Å². The van der Waals surface area contributed by atoms with Crippen molar-refractivity contribution in [1.82, 2.24) is 24.6 Å². The van der Waals surface area contributed by atoms with Gasteiger partial charge in [0, 0.05) is 36.9 Å². The molecule has 0 bridgehead atoms. The first-order valence-electron chi connectivity index (χ1n) is 9.48. The molecule has 0 radical (unpaired) electrons. The summed E-state index contributed by atoms with van der Waals surface area (Å²) in [5, 5.41) is 7.46. The van der Waals surface area contributed by atoms with Gasteiger partial charge in [-0.2, -0.15) is 5.10 Å². The second-order valence-corrected chi connectivity index (χ2v) is 7.55. The van der Waals surface area contributed by atoms with Crippen LogP contribution in [-0.4, -0.2) is 30.7 Å². The minimum Gasteiger partial charge on any atom is -0.314 e. The van der Waals surface area contributed by atoms with Gasteiger partial charge in [-0.1, -0.05) is 44.2 Å². The maximum absolute atomic E-state index is 12.8. The number of fused-ring (bicyclic) bond motifs is 1. The number of nitrogens with zero attached hydrogens (tertiary/aromatic N) is 5. The van der Waals surface area contributed by atoms with Crippen LogP contribution in [0.4, 0.5) is 10.6 Å². The van der Waals surface area contributed by atoms with E-state index in [1.165, 1.54) is 0 Å². The van der Waals surface area contributed by atoms with E-state index in [4.69, 9.17) is 0 Å². The van der Waals surface area contributed by atoms with Gasteiger partial charge in [0.05, 0.1) is 24.5 Å². The highest BCUT2D eigenvalue weighted by atomic mass is 16.2. The quantitative estimate of drug-likeness (QED) is 0.754. The molecule has 2 amide bonds. The van der Waals surface area contributed by atoms with Gasteiger partial charge >= 0.3 is 6.03 Å². The summed E-state index contributed by atoms with van der Waals surface area (Å²) < 4.78 is 1.68. The van der Waals surface area contributed by atoms with Crippen LogP contribution in [0.3, 0.4) is 0 Å². The molecule has 1 N–H and O–H groups in total. The fourth-order valence-corrected chi connectivity index (χ4v) is 3.32. The average Bonchev–Trinajstić information content (AvgIpc) is 3.25. The van der Waals surface area contributed by atoms with E-state index in [2.05, 4.69) is 34.2 Å². The van der Waals surface area contributed by atoms with Crippen LogP contribution in [0.5, 0.6) is 0 Å². The average molecular weight is 376 g/mol. The molecule has 1 aromatic carbocycles. The Morgan fingerprint density at radius 2 is 2.00 bits per heavy atom. The number of urea groups is 1. The molecule has 0 aliphatic carbocycles. The Bertz CT molecular complexity index is 995. The van der Waals surface area contributed by atoms with E-state index in [-0.39, 0.29) is 6.03 Å². The summed E-state index contributed by atoms with van der Waals surface area (Å²) in [5.41, 5.74) is 3.79. The van der Waals surface area contributed by atoms with Crippen LogP contribution in [-0.2, 0) is 26.6 Å². The lowest BCUT2D eigenvalue weighted by Gasteiger charge is -2.15. The molecule has 1 aliphatic rings. The van der Waals surface area contributed by atoms with Gasteiger partial charge in [0.25, 0.3) is 0 Å². The van der Waals surface area contributed by atoms with Gasteiger partial charge in [0.1, 0.15) is 11.6 Å². The number of anilines is 1. The van der Waals surface area contributed by atoms with Gasteiger partial charge < -0.3 is 4.90 Å². The van der Waals surface area contributed by atoms with E-state index < -0.39 is 0 Å². The number of carbonyl (C=O) groups is 1. The molecule has 3 heterocycles. The van der Waals surface area contributed by atoms with Crippen molar-refractivity contribution in [1.29, 1.82) is 0 Å². The second-order valence-electron chi connectivity index (χ2n) is 7.55. The minimum absolute atomic E-state index is 0.161. The highest BCUT2D eigenvalue weighted by molar-refractivity contribution is 5.89. The third kappa shape index (κ3) is 3.74. The van der Waals surface area contributed by atoms with Crippen molar-refractivity contribution in [2.75, 3.05) is 5.32 Å². The number of rotatable bonds is 4. The normalized spacial score (nSPS) is 13.1. The molecule has 0 atom stereocenters. The molecule has 28 heavy (non-hydrogen) atoms. The molecule has 4 rings (SSSR count). The predicted octanol–water partition coefficient (Wildman–Crippen LogP) is 3.62. The van der Waals surface area contributed by atoms with Crippen molar-refractivity contribution in [3.8, 4) is 11.3 Å². The largest absolute Gasteiger partial charge is 0.323 e. The summed E-state index contributed by atoms with van der Waals surface area (Å²) in [5.74, 6) is 2.00. The summed E-state index contributed by atoms with van der Waals surface area (Å²) in [4.78, 5) is 23.6. The van der Waals surface area contributed by atoms with E-state index in [0.29, 0.717) is 24.8 Å². The molecule has 7 heteroatoms. The smallest absolute Gasteiger partial charge is 0.314 e. The van der Waals surface area contributed by atoms with Crippen molar-refractivity contribution < 1.29 is 4.79 Å². The lowest BCUT2D eigenvalue weighted by molar-refractivity contribution is 0.212. The Morgan fingerprint density at radius 1 is 1.21 bits per heavy atom. The van der Waals surface area contributed by atoms with Gasteiger partial charge in [-0.3, -0.25) is 10.00 Å². The standard InChI is InChI=1S/C21H24N6O/c1-14(2)9-19-22-11-16-12-27(13-18(16)23-19)21(28)24-20-10-17(25-26(20)3)15-7-5-4-6-8-15/h4-8,10-11,14H,9,12-13H2,1-3H3,(H,24,28). The number of aryl methyl sites for hydroxylation is 1. The Morgan fingerprint density at radius 3 is 2.75 bits per heavy atom. The number of carbonyl (C=O) groups excluding carboxylic acids is 1. The van der Waals surface area contributed by atoms with Crippen molar-refractivity contribution >= 4 is 11.8 Å². The first-order valence-corrected chi connectivity index (χ1v) is 9.48. The molecular weight excluding hydrogens is 352 g/mol. The number of benzene rings is 1. The van der Waals surface area contributed by atoms with Gasteiger partial charge in [-0.05, 0) is 5.92 Å². The van der Waals surface area contributed by atoms with E-state index in [1.807, 2.05) is 49.6 Å². The number of amides is 2. The second kappa shape index (κ2) is 7.42. The first kappa shape index (κ1) is 18.2. The molecule has 0 saturated carbocycles. The Hall–Kier alpha value is -3.22. The first-order chi connectivity index (χ1) is 13.5. The molecule has 0 fully saturated rings. The van der Waals surface area contributed by atoms with Crippen LogP contribution in [0.2, 0.25) is 0 Å². The molecule has 0 spiro atoms. The van der Waals surface area contributed by atoms with E-state index >= 15 is 0 Å². The maximum atomic E-state index is 12.8. The van der Waals surface area contributed by atoms with E-state index in [0.717, 1.165) is 34.8 Å². The van der Waals surface area contributed by atoms with Crippen molar-refractivity contribution in [2.24, 2.45) is 13.0 Å². The zero-order valence-corrected chi connectivity index (χ0v) is 16.4. The van der Waals surface area contributed by atoms with E-state index in [9.17, 15) is 4.79 Å². The number of hydrogen-bond acceptors (Lipinski definition) is 4. The monoisotopic (exact) mass is 376 g/mol. The summed E-state index contributed by atoms with van der Waals surface area (Å²) in [6.45, 7) is 5.31. The fraction of sp³-hybridized carbons (Fsp3) is 0.333. The third-order valence-electron chi connectivity index (χ3n) is 4.77. The summed E-state index contributed by atoms with van der Waals surface area (Å²) in [6, 6.07) is 11.6. The Balaban J connectivity index is 1.45. The molecule has 0 unspecified atom stereocenters. The van der Waals surface area contributed by atoms with Gasteiger partial charge in [0.2, 0.25) is 0 Å². The van der Waals surface area contributed by atoms with Crippen LogP contribution >= 0.6 is 0 Å². The van der Waals surface area contributed by atoms with Crippen LogP contribution in [0.25, 0.3) is 11.3 Å². The summed E-state index contributed by atoms with van der Waals surface area (Å²) in [6.07, 6.45) is 2.70. The lowest BCUT2D eigenvalue weighted by Crippen LogP contribution is -2.31. The molecular formula is C21H24N6O. The van der Waals surface area contributed by atoms with E-state index in [1.54, 1.807) is 9.58 Å². The van der Waals surface area contributed by atoms with Crippen LogP contribution < -0.4 is 5.32 Å². The van der Waals surface area contributed by atoms with Gasteiger partial charge in [-0.25, -0.2) is 14.8 Å². The molecule has 7 nitrogen and oxygen atoms in total. The molecule has 3 aromatic rings. The molecule has 144 valence electrons. The highest BCUT2D eigenvalue weighted by Gasteiger charge is 2.26. The SMILES string of the molecule is CC(C)Cc1ncc2c(n1)CN(C(=O)Nc1cc(-c3ccccc3)nn1C)C2. The minimum atomic E-state index is -0.161. The molecule has 2 aromatic heterocycles. The highest BCUT2D eigenvalue weighted by Crippen LogP contribution is 2.24. The fourth-order valence-electron chi connectivity index (χ4n) is 3.32. The predicted molar refractivity (Wildman–Crippen MR) is 107 cm³/mol. The van der Waals surface area contributed by atoms with Crippen molar-refractivity contribution in [3.63, 3.8) is 0 Å². The number of nitrogens with one attached hydrogen (secondary N) is 1. The Kier molecular flexibility index (Phi) is 4.81. The van der Waals surface area contributed by atoms with Crippen LogP contribution in [0.1, 0.15) is 30.9 Å². The summed E-state index contributed by atoms with van der Waals surface area (Å²) >= 11 is 0. The maximum Gasteiger partial charge on any atom is 0.323 e. The van der Waals surface area contributed by atoms with Crippen LogP contribution in [0, 0.1) is 5.92 Å². The van der Waals surface area contributed by atoms with Gasteiger partial charge in [-0.15, -0.1) is 0 Å². The molecule has 1 aliphatic heterocycles. The number of hydrogen-bond donors (Lipinski definition) is 1. The van der Waals surface area contributed by atoms with Crippen LogP contribution in [0.15, 0.2) is 42.6 Å². The Labute approximate surface area is 164 Å². The number of aromatic nitrogens is 4. The van der Waals surface area contributed by atoms with Crippen molar-refractivity contribution in [3.05, 3.63) is 59.7 Å². The zero-order chi connectivity index (χ0) is 19.7.